The largest absolute Gasteiger partial charge is 0.416 e. The molecule has 31 heavy (non-hydrogen) atoms. The van der Waals surface area contributed by atoms with Crippen LogP contribution < -0.4 is 5.32 Å². The molecule has 168 valence electrons. The highest BCUT2D eigenvalue weighted by molar-refractivity contribution is 5.35. The first-order valence-corrected chi connectivity index (χ1v) is 10.3. The topological polar surface area (TPSA) is 21.3 Å². The molecule has 2 aliphatic heterocycles. The van der Waals surface area contributed by atoms with Gasteiger partial charge in [0.15, 0.2) is 0 Å². The van der Waals surface area contributed by atoms with E-state index in [0.717, 1.165) is 37.0 Å². The number of halogens is 6. The van der Waals surface area contributed by atoms with Gasteiger partial charge in [-0.1, -0.05) is 30.3 Å². The first-order valence-electron chi connectivity index (χ1n) is 10.3. The van der Waals surface area contributed by atoms with Gasteiger partial charge >= 0.3 is 12.4 Å². The van der Waals surface area contributed by atoms with Gasteiger partial charge in [0.2, 0.25) is 0 Å². The van der Waals surface area contributed by atoms with Crippen molar-refractivity contribution in [2.75, 3.05) is 0 Å². The molecule has 0 radical (unpaired) electrons. The average Bonchev–Trinajstić information content (AvgIpc) is 3.08. The maximum Gasteiger partial charge on any atom is 0.416 e. The van der Waals surface area contributed by atoms with Gasteiger partial charge in [0.1, 0.15) is 0 Å². The molecule has 0 aromatic heterocycles. The highest BCUT2D eigenvalue weighted by Gasteiger charge is 2.50. The first kappa shape index (κ1) is 22.1. The van der Waals surface area contributed by atoms with E-state index in [1.807, 2.05) is 30.3 Å². The van der Waals surface area contributed by atoms with Crippen LogP contribution in [0.25, 0.3) is 0 Å². The summed E-state index contributed by atoms with van der Waals surface area (Å²) in [4.78, 5) is 0. The summed E-state index contributed by atoms with van der Waals surface area (Å²) in [5, 5.41) is 3.61. The van der Waals surface area contributed by atoms with Crippen LogP contribution >= 0.6 is 0 Å². The molecule has 0 amide bonds. The molecule has 2 fully saturated rings. The molecule has 4 rings (SSSR count). The third-order valence-electron chi connectivity index (χ3n) is 6.41. The predicted octanol–water partition coefficient (Wildman–Crippen LogP) is 6.61. The lowest BCUT2D eigenvalue weighted by molar-refractivity contribution is -0.143. The summed E-state index contributed by atoms with van der Waals surface area (Å²) in [6.07, 6.45) is -7.79. The minimum atomic E-state index is -4.88. The SMILES string of the molecule is C[C@H](OC1CCC2CCC1(c1ccccc1)N2)c1cc(C(F)(F)F)cc(C(F)(F)F)c1. The predicted molar refractivity (Wildman–Crippen MR) is 103 cm³/mol. The maximum absolute atomic E-state index is 13.2. The van der Waals surface area contributed by atoms with E-state index in [1.165, 1.54) is 6.92 Å². The molecule has 8 heteroatoms. The Kier molecular flexibility index (Phi) is 5.58. The fourth-order valence-electron chi connectivity index (χ4n) is 4.85. The summed E-state index contributed by atoms with van der Waals surface area (Å²) in [6.45, 7) is 1.51. The van der Waals surface area contributed by atoms with Gasteiger partial charge in [0.25, 0.3) is 0 Å². The number of alkyl halides is 6. The Labute approximate surface area is 176 Å². The monoisotopic (exact) mass is 443 g/mol. The lowest BCUT2D eigenvalue weighted by Gasteiger charge is -2.43. The molecule has 2 aromatic rings. The van der Waals surface area contributed by atoms with Crippen molar-refractivity contribution in [2.24, 2.45) is 0 Å². The molecule has 0 saturated carbocycles. The lowest BCUT2D eigenvalue weighted by atomic mass is 9.80. The highest BCUT2D eigenvalue weighted by atomic mass is 19.4. The van der Waals surface area contributed by atoms with Gasteiger partial charge in [0.05, 0.1) is 28.9 Å². The Bertz CT molecular complexity index is 894. The van der Waals surface area contributed by atoms with Crippen LogP contribution in [0.3, 0.4) is 0 Å². The molecular formula is C23H23F6NO. The van der Waals surface area contributed by atoms with Crippen molar-refractivity contribution >= 4 is 0 Å². The molecule has 2 nitrogen and oxygen atoms in total. The van der Waals surface area contributed by atoms with E-state index in [0.29, 0.717) is 12.5 Å². The zero-order chi connectivity index (χ0) is 22.4. The first-order chi connectivity index (χ1) is 14.5. The van der Waals surface area contributed by atoms with E-state index in [-0.39, 0.29) is 17.7 Å². The van der Waals surface area contributed by atoms with E-state index in [9.17, 15) is 26.3 Å². The molecule has 3 unspecified atom stereocenters. The van der Waals surface area contributed by atoms with E-state index in [1.54, 1.807) is 0 Å². The molecule has 4 atom stereocenters. The standard InChI is InChI=1S/C23H23F6NO/c1-14(15-11-17(22(24,25)26)13-18(12-15)23(27,28)29)31-20-8-7-19-9-10-21(20,30-19)16-5-3-2-4-6-16/h2-6,11-14,19-20,30H,7-10H2,1H3/t14-,19?,20?,21?/m0/s1. The number of rotatable bonds is 4. The summed E-state index contributed by atoms with van der Waals surface area (Å²) < 4.78 is 85.7. The smallest absolute Gasteiger partial charge is 0.368 e. The van der Waals surface area contributed by atoms with Crippen molar-refractivity contribution in [3.8, 4) is 0 Å². The van der Waals surface area contributed by atoms with Crippen LogP contribution in [-0.4, -0.2) is 12.1 Å². The third-order valence-corrected chi connectivity index (χ3v) is 6.41. The van der Waals surface area contributed by atoms with Crippen LogP contribution in [0.5, 0.6) is 0 Å². The van der Waals surface area contributed by atoms with Gasteiger partial charge in [-0.3, -0.25) is 0 Å². The van der Waals surface area contributed by atoms with Crippen molar-refractivity contribution in [1.82, 2.24) is 5.32 Å². The summed E-state index contributed by atoms with van der Waals surface area (Å²) in [5.41, 5.74) is -2.26. The number of piperidine rings is 1. The number of ether oxygens (including phenoxy) is 1. The second-order valence-electron chi connectivity index (χ2n) is 8.40. The molecule has 2 aromatic carbocycles. The van der Waals surface area contributed by atoms with Crippen LogP contribution in [0, 0.1) is 0 Å². The summed E-state index contributed by atoms with van der Waals surface area (Å²) in [5.74, 6) is 0. The van der Waals surface area contributed by atoms with Crippen LogP contribution in [0.15, 0.2) is 48.5 Å². The van der Waals surface area contributed by atoms with Crippen molar-refractivity contribution in [1.29, 1.82) is 0 Å². The molecule has 0 spiro atoms. The van der Waals surface area contributed by atoms with Crippen molar-refractivity contribution < 1.29 is 31.1 Å². The molecule has 2 heterocycles. The van der Waals surface area contributed by atoms with Gasteiger partial charge in [-0.2, -0.15) is 26.3 Å². The summed E-state index contributed by atoms with van der Waals surface area (Å²) in [7, 11) is 0. The van der Waals surface area contributed by atoms with Gasteiger partial charge < -0.3 is 10.1 Å². The Morgan fingerprint density at radius 2 is 1.52 bits per heavy atom. The van der Waals surface area contributed by atoms with Gasteiger partial charge in [0, 0.05) is 6.04 Å². The van der Waals surface area contributed by atoms with Crippen LogP contribution in [0.4, 0.5) is 26.3 Å². The second kappa shape index (κ2) is 7.81. The van der Waals surface area contributed by atoms with E-state index >= 15 is 0 Å². The fourth-order valence-corrected chi connectivity index (χ4v) is 4.85. The Hall–Kier alpha value is -2.06. The Balaban J connectivity index is 1.66. The summed E-state index contributed by atoms with van der Waals surface area (Å²) >= 11 is 0. The lowest BCUT2D eigenvalue weighted by Crippen LogP contribution is -2.54. The highest BCUT2D eigenvalue weighted by Crippen LogP contribution is 2.46. The fraction of sp³-hybridized carbons (Fsp3) is 0.478. The summed E-state index contributed by atoms with van der Waals surface area (Å²) in [6, 6.07) is 11.7. The minimum Gasteiger partial charge on any atom is -0.368 e. The number of hydrogen-bond donors (Lipinski definition) is 1. The van der Waals surface area contributed by atoms with Crippen molar-refractivity contribution in [2.45, 2.75) is 68.7 Å². The number of nitrogens with one attached hydrogen (secondary N) is 1. The Morgan fingerprint density at radius 3 is 2.10 bits per heavy atom. The van der Waals surface area contributed by atoms with Gasteiger partial charge in [-0.25, -0.2) is 0 Å². The van der Waals surface area contributed by atoms with Gasteiger partial charge in [-0.05, 0) is 61.9 Å². The Morgan fingerprint density at radius 1 is 0.903 bits per heavy atom. The molecular weight excluding hydrogens is 420 g/mol. The zero-order valence-corrected chi connectivity index (χ0v) is 16.9. The number of fused-ring (bicyclic) bond motifs is 2. The number of benzene rings is 2. The van der Waals surface area contributed by atoms with Crippen LogP contribution in [-0.2, 0) is 22.6 Å². The quantitative estimate of drug-likeness (QED) is 0.537. The molecule has 2 bridgehead atoms. The van der Waals surface area contributed by atoms with E-state index in [2.05, 4.69) is 5.32 Å². The van der Waals surface area contributed by atoms with Crippen LogP contribution in [0.2, 0.25) is 0 Å². The van der Waals surface area contributed by atoms with Crippen molar-refractivity contribution in [3.05, 3.63) is 70.8 Å². The molecule has 2 saturated heterocycles. The second-order valence-corrected chi connectivity index (χ2v) is 8.40. The zero-order valence-electron chi connectivity index (χ0n) is 16.9. The maximum atomic E-state index is 13.2. The molecule has 0 aliphatic carbocycles. The van der Waals surface area contributed by atoms with Gasteiger partial charge in [-0.15, -0.1) is 0 Å². The van der Waals surface area contributed by atoms with Crippen molar-refractivity contribution in [3.63, 3.8) is 0 Å². The number of hydrogen-bond acceptors (Lipinski definition) is 2. The molecule has 1 N–H and O–H groups in total. The minimum absolute atomic E-state index is 0.134. The van der Waals surface area contributed by atoms with E-state index in [4.69, 9.17) is 4.74 Å². The third kappa shape index (κ3) is 4.32. The molecule has 2 aliphatic rings. The van der Waals surface area contributed by atoms with E-state index < -0.39 is 35.1 Å². The van der Waals surface area contributed by atoms with Crippen LogP contribution in [0.1, 0.15) is 61.0 Å². The average molecular weight is 443 g/mol. The normalized spacial score (nSPS) is 27.3.